The summed E-state index contributed by atoms with van der Waals surface area (Å²) in [6.07, 6.45) is 0. The van der Waals surface area contributed by atoms with Crippen LogP contribution in [0.15, 0.2) is 70.9 Å². The van der Waals surface area contributed by atoms with Gasteiger partial charge in [-0.15, -0.1) is 0 Å². The summed E-state index contributed by atoms with van der Waals surface area (Å²) in [7, 11) is 0. The topological polar surface area (TPSA) is 76.8 Å². The third-order valence-electron chi connectivity index (χ3n) is 2.58. The smallest absolute Gasteiger partial charge is 0.118 e. The molecule has 0 amide bonds. The Morgan fingerprint density at radius 1 is 0.611 bits per heavy atom. The number of benzene rings is 2. The first-order valence-corrected chi connectivity index (χ1v) is 5.53. The van der Waals surface area contributed by atoms with Crippen molar-refractivity contribution in [2.45, 2.75) is 0 Å². The van der Waals surface area contributed by atoms with Crippen LogP contribution in [-0.2, 0) is 0 Å². The van der Waals surface area contributed by atoms with E-state index in [1.807, 2.05) is 60.7 Å². The van der Waals surface area contributed by atoms with E-state index in [1.54, 1.807) is 0 Å². The zero-order chi connectivity index (χ0) is 12.8. The van der Waals surface area contributed by atoms with E-state index < -0.39 is 0 Å². The fourth-order valence-electron chi connectivity index (χ4n) is 1.74. The van der Waals surface area contributed by atoms with Crippen molar-refractivity contribution in [2.75, 3.05) is 0 Å². The molecule has 0 aliphatic heterocycles. The van der Waals surface area contributed by atoms with Crippen LogP contribution in [0, 0.1) is 0 Å². The first-order chi connectivity index (χ1) is 8.86. The SMILES string of the molecule is N/N=C(\C(=N/N)c1ccccc1)c1ccccc1. The van der Waals surface area contributed by atoms with Crippen LogP contribution in [0.2, 0.25) is 0 Å². The molecule has 0 aromatic heterocycles. The summed E-state index contributed by atoms with van der Waals surface area (Å²) >= 11 is 0. The van der Waals surface area contributed by atoms with Crippen LogP contribution in [0.25, 0.3) is 0 Å². The number of hydrazone groups is 2. The molecule has 2 aromatic carbocycles. The molecule has 18 heavy (non-hydrogen) atoms. The molecule has 0 saturated heterocycles. The van der Waals surface area contributed by atoms with Gasteiger partial charge in [0.15, 0.2) is 0 Å². The molecule has 0 saturated carbocycles. The van der Waals surface area contributed by atoms with Crippen LogP contribution in [0.1, 0.15) is 11.1 Å². The van der Waals surface area contributed by atoms with Gasteiger partial charge in [-0.25, -0.2) is 0 Å². The second-order valence-corrected chi connectivity index (χ2v) is 3.69. The second kappa shape index (κ2) is 5.63. The fourth-order valence-corrected chi connectivity index (χ4v) is 1.74. The first-order valence-electron chi connectivity index (χ1n) is 5.53. The summed E-state index contributed by atoms with van der Waals surface area (Å²) in [5, 5.41) is 7.62. The lowest BCUT2D eigenvalue weighted by molar-refractivity contribution is 1.23. The third-order valence-corrected chi connectivity index (χ3v) is 2.58. The van der Waals surface area contributed by atoms with Crippen LogP contribution in [0.5, 0.6) is 0 Å². The Kier molecular flexibility index (Phi) is 3.71. The van der Waals surface area contributed by atoms with E-state index in [9.17, 15) is 0 Å². The largest absolute Gasteiger partial charge is 0.323 e. The molecule has 0 aliphatic rings. The zero-order valence-corrected chi connectivity index (χ0v) is 9.82. The summed E-state index contributed by atoms with van der Waals surface area (Å²) in [6.45, 7) is 0. The molecule has 2 aromatic rings. The van der Waals surface area contributed by atoms with E-state index in [-0.39, 0.29) is 0 Å². The monoisotopic (exact) mass is 238 g/mol. The molecule has 0 bridgehead atoms. The number of hydrogen-bond donors (Lipinski definition) is 2. The summed E-state index contributed by atoms with van der Waals surface area (Å²) in [4.78, 5) is 0. The Morgan fingerprint density at radius 2 is 0.944 bits per heavy atom. The predicted molar refractivity (Wildman–Crippen MR) is 74.3 cm³/mol. The predicted octanol–water partition coefficient (Wildman–Crippen LogP) is 1.71. The highest BCUT2D eigenvalue weighted by Crippen LogP contribution is 2.09. The van der Waals surface area contributed by atoms with Gasteiger partial charge in [0.1, 0.15) is 11.4 Å². The van der Waals surface area contributed by atoms with Gasteiger partial charge in [0, 0.05) is 11.1 Å². The summed E-state index contributed by atoms with van der Waals surface area (Å²) in [5.74, 6) is 10.9. The summed E-state index contributed by atoms with van der Waals surface area (Å²) in [6, 6.07) is 19.2. The molecule has 2 rings (SSSR count). The molecular formula is C14H14N4. The standard InChI is InChI=1S/C14H14N4/c15-17-13(11-7-3-1-4-8-11)14(18-16)12-9-5-2-6-10-12/h1-10H,15-16H2/b17-13-,18-14-. The van der Waals surface area contributed by atoms with Crippen molar-refractivity contribution >= 4 is 11.4 Å². The maximum atomic E-state index is 5.47. The number of nitrogens with two attached hydrogens (primary N) is 2. The Labute approximate surface area is 106 Å². The maximum absolute atomic E-state index is 5.47. The molecule has 0 unspecified atom stereocenters. The molecule has 90 valence electrons. The molecule has 0 aliphatic carbocycles. The van der Waals surface area contributed by atoms with Gasteiger partial charge in [0.2, 0.25) is 0 Å². The van der Waals surface area contributed by atoms with Gasteiger partial charge in [-0.1, -0.05) is 60.7 Å². The van der Waals surface area contributed by atoms with Crippen LogP contribution in [0.4, 0.5) is 0 Å². The molecule has 0 spiro atoms. The minimum Gasteiger partial charge on any atom is -0.323 e. The fraction of sp³-hybridized carbons (Fsp3) is 0. The lowest BCUT2D eigenvalue weighted by atomic mass is 10.00. The van der Waals surface area contributed by atoms with Crippen LogP contribution >= 0.6 is 0 Å². The zero-order valence-electron chi connectivity index (χ0n) is 9.82. The maximum Gasteiger partial charge on any atom is 0.118 e. The minimum absolute atomic E-state index is 0.573. The third kappa shape index (κ3) is 2.38. The lowest BCUT2D eigenvalue weighted by Crippen LogP contribution is -2.20. The molecule has 4 nitrogen and oxygen atoms in total. The molecule has 0 atom stereocenters. The second-order valence-electron chi connectivity index (χ2n) is 3.69. The summed E-state index contributed by atoms with van der Waals surface area (Å²) < 4.78 is 0. The summed E-state index contributed by atoms with van der Waals surface area (Å²) in [5.41, 5.74) is 2.91. The molecule has 0 heterocycles. The van der Waals surface area contributed by atoms with Crippen molar-refractivity contribution in [3.63, 3.8) is 0 Å². The van der Waals surface area contributed by atoms with Gasteiger partial charge in [0.05, 0.1) is 0 Å². The Balaban J connectivity index is 2.45. The molecule has 4 heteroatoms. The van der Waals surface area contributed by atoms with E-state index in [0.717, 1.165) is 11.1 Å². The highest BCUT2D eigenvalue weighted by Gasteiger charge is 2.13. The Bertz CT molecular complexity index is 505. The van der Waals surface area contributed by atoms with Crippen molar-refractivity contribution in [1.82, 2.24) is 0 Å². The van der Waals surface area contributed by atoms with Gasteiger partial charge in [-0.3, -0.25) is 0 Å². The van der Waals surface area contributed by atoms with E-state index in [4.69, 9.17) is 11.7 Å². The van der Waals surface area contributed by atoms with Crippen molar-refractivity contribution in [1.29, 1.82) is 0 Å². The van der Waals surface area contributed by atoms with Crippen molar-refractivity contribution in [2.24, 2.45) is 21.9 Å². The Morgan fingerprint density at radius 3 is 1.22 bits per heavy atom. The van der Waals surface area contributed by atoms with E-state index in [1.165, 1.54) is 0 Å². The van der Waals surface area contributed by atoms with E-state index >= 15 is 0 Å². The normalized spacial score (nSPS) is 12.4. The van der Waals surface area contributed by atoms with Gasteiger partial charge in [0.25, 0.3) is 0 Å². The molecule has 4 N–H and O–H groups in total. The lowest BCUT2D eigenvalue weighted by Gasteiger charge is -2.08. The van der Waals surface area contributed by atoms with Gasteiger partial charge in [-0.2, -0.15) is 10.2 Å². The average molecular weight is 238 g/mol. The van der Waals surface area contributed by atoms with Crippen molar-refractivity contribution in [3.05, 3.63) is 71.8 Å². The van der Waals surface area contributed by atoms with Crippen LogP contribution < -0.4 is 11.7 Å². The first kappa shape index (κ1) is 11.9. The number of nitrogens with zero attached hydrogens (tertiary/aromatic N) is 2. The van der Waals surface area contributed by atoms with Gasteiger partial charge in [-0.05, 0) is 0 Å². The molecule has 0 fully saturated rings. The van der Waals surface area contributed by atoms with E-state index in [0.29, 0.717) is 11.4 Å². The van der Waals surface area contributed by atoms with Gasteiger partial charge >= 0.3 is 0 Å². The highest BCUT2D eigenvalue weighted by atomic mass is 15.2. The quantitative estimate of drug-likeness (QED) is 0.485. The highest BCUT2D eigenvalue weighted by molar-refractivity contribution is 6.53. The number of rotatable bonds is 3. The van der Waals surface area contributed by atoms with Crippen molar-refractivity contribution in [3.8, 4) is 0 Å². The van der Waals surface area contributed by atoms with Crippen LogP contribution in [0.3, 0.4) is 0 Å². The molecular weight excluding hydrogens is 224 g/mol. The minimum atomic E-state index is 0.573. The Hall–Kier alpha value is -2.62. The van der Waals surface area contributed by atoms with Crippen LogP contribution in [-0.4, -0.2) is 11.4 Å². The number of hydrogen-bond acceptors (Lipinski definition) is 4. The average Bonchev–Trinajstić information content (AvgIpc) is 2.46. The van der Waals surface area contributed by atoms with E-state index in [2.05, 4.69) is 10.2 Å². The molecule has 0 radical (unpaired) electrons. The van der Waals surface area contributed by atoms with Crippen molar-refractivity contribution < 1.29 is 0 Å². The van der Waals surface area contributed by atoms with Gasteiger partial charge < -0.3 is 11.7 Å².